The molecule has 0 amide bonds. The number of primary sulfonamides is 1. The zero-order valence-electron chi connectivity index (χ0n) is 12.5. The fourth-order valence-electron chi connectivity index (χ4n) is 2.95. The van der Waals surface area contributed by atoms with Gasteiger partial charge in [-0.2, -0.15) is 0 Å². The van der Waals surface area contributed by atoms with E-state index in [9.17, 15) is 8.42 Å². The van der Waals surface area contributed by atoms with Crippen molar-refractivity contribution in [3.63, 3.8) is 0 Å². The van der Waals surface area contributed by atoms with Gasteiger partial charge < -0.3 is 4.74 Å². The van der Waals surface area contributed by atoms with Crippen LogP contribution in [0.3, 0.4) is 0 Å². The highest BCUT2D eigenvalue weighted by Gasteiger charge is 2.32. The first-order valence-corrected chi connectivity index (χ1v) is 9.14. The summed E-state index contributed by atoms with van der Waals surface area (Å²) in [7, 11) is -3.45. The molecule has 1 rings (SSSR count). The van der Waals surface area contributed by atoms with Gasteiger partial charge in [-0.1, -0.05) is 33.6 Å². The van der Waals surface area contributed by atoms with Crippen molar-refractivity contribution in [1.29, 1.82) is 0 Å². The lowest BCUT2D eigenvalue weighted by Crippen LogP contribution is -2.38. The van der Waals surface area contributed by atoms with E-state index in [2.05, 4.69) is 6.92 Å². The van der Waals surface area contributed by atoms with Crippen LogP contribution < -0.4 is 5.14 Å². The van der Waals surface area contributed by atoms with Crippen LogP contribution in [0, 0.1) is 11.3 Å². The quantitative estimate of drug-likeness (QED) is 0.784. The minimum Gasteiger partial charge on any atom is -0.378 e. The second kappa shape index (κ2) is 7.04. The Labute approximate surface area is 118 Å². The highest BCUT2D eigenvalue weighted by atomic mass is 32.2. The Kier molecular flexibility index (Phi) is 6.27. The van der Waals surface area contributed by atoms with Crippen molar-refractivity contribution in [2.24, 2.45) is 16.5 Å². The second-order valence-corrected chi connectivity index (χ2v) is 7.83. The largest absolute Gasteiger partial charge is 0.378 e. The Bertz CT molecular complexity index is 363. The predicted octanol–water partition coefficient (Wildman–Crippen LogP) is 2.68. The summed E-state index contributed by atoms with van der Waals surface area (Å²) in [5, 5.41) is 5.22. The fourth-order valence-corrected chi connectivity index (χ4v) is 4.30. The second-order valence-electron chi connectivity index (χ2n) is 6.22. The smallest absolute Gasteiger partial charge is 0.209 e. The fraction of sp³-hybridized carbons (Fsp3) is 1.00. The summed E-state index contributed by atoms with van der Waals surface area (Å²) < 4.78 is 28.8. The van der Waals surface area contributed by atoms with Crippen LogP contribution in [0.5, 0.6) is 0 Å². The molecule has 0 radical (unpaired) electrons. The maximum Gasteiger partial charge on any atom is 0.209 e. The first kappa shape index (κ1) is 16.9. The molecule has 1 aliphatic carbocycles. The van der Waals surface area contributed by atoms with Crippen molar-refractivity contribution in [2.75, 3.05) is 12.4 Å². The lowest BCUT2D eigenvalue weighted by molar-refractivity contribution is -0.0300. The maximum absolute atomic E-state index is 11.4. The normalized spacial score (nSPS) is 25.5. The zero-order chi connectivity index (χ0) is 14.5. The van der Waals surface area contributed by atoms with E-state index < -0.39 is 10.0 Å². The molecule has 0 aromatic rings. The summed E-state index contributed by atoms with van der Waals surface area (Å²) in [5.74, 6) is 0.740. The topological polar surface area (TPSA) is 69.4 Å². The first-order chi connectivity index (χ1) is 8.80. The first-order valence-electron chi connectivity index (χ1n) is 7.42. The summed E-state index contributed by atoms with van der Waals surface area (Å²) >= 11 is 0. The van der Waals surface area contributed by atoms with E-state index in [4.69, 9.17) is 9.88 Å². The molecule has 114 valence electrons. The number of nitrogens with two attached hydrogens (primary N) is 1. The average molecular weight is 291 g/mol. The molecule has 1 aliphatic rings. The van der Waals surface area contributed by atoms with Crippen LogP contribution in [-0.2, 0) is 14.8 Å². The molecular weight excluding hydrogens is 262 g/mol. The number of rotatable bonds is 7. The lowest BCUT2D eigenvalue weighted by Gasteiger charge is -2.34. The van der Waals surface area contributed by atoms with Crippen LogP contribution in [0.25, 0.3) is 0 Å². The van der Waals surface area contributed by atoms with Gasteiger partial charge in [-0.15, -0.1) is 0 Å². The molecular formula is C14H29NO3S. The van der Waals surface area contributed by atoms with Gasteiger partial charge in [0.2, 0.25) is 10.0 Å². The summed E-state index contributed by atoms with van der Waals surface area (Å²) in [5.41, 5.74) is -0.325. The predicted molar refractivity (Wildman–Crippen MR) is 78.4 cm³/mol. The van der Waals surface area contributed by atoms with E-state index in [1.54, 1.807) is 0 Å². The molecule has 19 heavy (non-hydrogen) atoms. The number of hydrogen-bond acceptors (Lipinski definition) is 3. The third kappa shape index (κ3) is 5.79. The van der Waals surface area contributed by atoms with Gasteiger partial charge in [0, 0.05) is 5.41 Å². The molecule has 0 aromatic carbocycles. The van der Waals surface area contributed by atoms with Crippen molar-refractivity contribution in [3.8, 4) is 0 Å². The van der Waals surface area contributed by atoms with E-state index in [1.165, 1.54) is 12.8 Å². The van der Waals surface area contributed by atoms with E-state index >= 15 is 0 Å². The van der Waals surface area contributed by atoms with Crippen LogP contribution in [0.15, 0.2) is 0 Å². The Balaban J connectivity index is 2.58. The van der Waals surface area contributed by atoms with Crippen molar-refractivity contribution in [2.45, 2.75) is 65.4 Å². The van der Waals surface area contributed by atoms with Gasteiger partial charge in [-0.3, -0.25) is 0 Å². The Hall–Kier alpha value is -0.130. The average Bonchev–Trinajstić information content (AvgIpc) is 2.33. The van der Waals surface area contributed by atoms with E-state index in [0.29, 0.717) is 12.7 Å². The molecule has 0 aromatic heterocycles. The van der Waals surface area contributed by atoms with E-state index in [-0.39, 0.29) is 11.2 Å². The van der Waals surface area contributed by atoms with Gasteiger partial charge in [-0.25, -0.2) is 13.6 Å². The van der Waals surface area contributed by atoms with Crippen molar-refractivity contribution in [3.05, 3.63) is 0 Å². The number of sulfonamides is 1. The summed E-state index contributed by atoms with van der Waals surface area (Å²) in [4.78, 5) is 0. The van der Waals surface area contributed by atoms with Gasteiger partial charge in [0.1, 0.15) is 0 Å². The summed E-state index contributed by atoms with van der Waals surface area (Å²) in [6.07, 6.45) is 6.55. The Morgan fingerprint density at radius 1 is 1.26 bits per heavy atom. The SMILES string of the molecule is CCC(CC)(COC1CCCC(C)C1)CS(N)(=O)=O. The standard InChI is InChI=1S/C14H29NO3S/c1-4-14(5-2,11-19(15,16)17)10-18-13-8-6-7-12(3)9-13/h12-13H,4-11H2,1-3H3,(H2,15,16,17). The molecule has 0 spiro atoms. The minimum absolute atomic E-state index is 0.0231. The molecule has 0 bridgehead atoms. The van der Waals surface area contributed by atoms with Gasteiger partial charge in [0.15, 0.2) is 0 Å². The zero-order valence-corrected chi connectivity index (χ0v) is 13.3. The Morgan fingerprint density at radius 3 is 2.37 bits per heavy atom. The van der Waals surface area contributed by atoms with Crippen LogP contribution in [0.1, 0.15) is 59.3 Å². The molecule has 1 fully saturated rings. The van der Waals surface area contributed by atoms with Crippen LogP contribution >= 0.6 is 0 Å². The van der Waals surface area contributed by atoms with Crippen molar-refractivity contribution >= 4 is 10.0 Å². The third-order valence-corrected chi connectivity index (χ3v) is 5.54. The molecule has 1 saturated carbocycles. The number of hydrogen-bond donors (Lipinski definition) is 1. The highest BCUT2D eigenvalue weighted by Crippen LogP contribution is 2.32. The van der Waals surface area contributed by atoms with Gasteiger partial charge in [0.05, 0.1) is 18.5 Å². The summed E-state index contributed by atoms with van der Waals surface area (Å²) in [6, 6.07) is 0. The Morgan fingerprint density at radius 2 is 1.89 bits per heavy atom. The molecule has 2 unspecified atom stereocenters. The molecule has 0 saturated heterocycles. The number of ether oxygens (including phenoxy) is 1. The third-order valence-electron chi connectivity index (χ3n) is 4.52. The van der Waals surface area contributed by atoms with Crippen LogP contribution in [0.4, 0.5) is 0 Å². The van der Waals surface area contributed by atoms with E-state index in [1.807, 2.05) is 13.8 Å². The lowest BCUT2D eigenvalue weighted by atomic mass is 9.84. The molecule has 2 atom stereocenters. The van der Waals surface area contributed by atoms with E-state index in [0.717, 1.165) is 31.6 Å². The monoisotopic (exact) mass is 291 g/mol. The minimum atomic E-state index is -3.45. The molecule has 0 heterocycles. The van der Waals surface area contributed by atoms with Crippen LogP contribution in [-0.4, -0.2) is 26.9 Å². The van der Waals surface area contributed by atoms with Gasteiger partial charge in [-0.05, 0) is 31.6 Å². The molecule has 0 aliphatic heterocycles. The molecule has 5 heteroatoms. The highest BCUT2D eigenvalue weighted by molar-refractivity contribution is 7.89. The maximum atomic E-state index is 11.4. The molecule has 4 nitrogen and oxygen atoms in total. The van der Waals surface area contributed by atoms with Crippen molar-refractivity contribution < 1.29 is 13.2 Å². The summed E-state index contributed by atoms with van der Waals surface area (Å²) in [6.45, 7) is 6.80. The van der Waals surface area contributed by atoms with Crippen molar-refractivity contribution in [1.82, 2.24) is 0 Å². The van der Waals surface area contributed by atoms with Gasteiger partial charge in [0.25, 0.3) is 0 Å². The van der Waals surface area contributed by atoms with Gasteiger partial charge >= 0.3 is 0 Å². The molecule has 2 N–H and O–H groups in total. The van der Waals surface area contributed by atoms with Crippen LogP contribution in [0.2, 0.25) is 0 Å².